The van der Waals surface area contributed by atoms with E-state index in [4.69, 9.17) is 28.3 Å². The van der Waals surface area contributed by atoms with Crippen LogP contribution in [-0.2, 0) is 11.3 Å². The minimum atomic E-state index is -0.00226. The molecule has 1 aliphatic carbocycles. The van der Waals surface area contributed by atoms with Crippen molar-refractivity contribution in [1.82, 2.24) is 9.78 Å². The zero-order valence-corrected chi connectivity index (χ0v) is 12.3. The Kier molecular flexibility index (Phi) is 3.74. The van der Waals surface area contributed by atoms with Gasteiger partial charge in [0.1, 0.15) is 5.15 Å². The standard InChI is InChI=1S/C13H20Cl2N2/c1-13(2,3)11-10(8-14)12(15)17(16-11)9-6-4-5-7-9/h9H,4-8H2,1-3H3. The lowest BCUT2D eigenvalue weighted by atomic mass is 9.90. The summed E-state index contributed by atoms with van der Waals surface area (Å²) in [5.74, 6) is 0.443. The summed E-state index contributed by atoms with van der Waals surface area (Å²) in [6, 6.07) is 0.473. The first-order valence-corrected chi connectivity index (χ1v) is 7.19. The molecule has 1 aliphatic rings. The lowest BCUT2D eigenvalue weighted by molar-refractivity contribution is 0.449. The van der Waals surface area contributed by atoms with Crippen molar-refractivity contribution in [3.05, 3.63) is 16.4 Å². The van der Waals surface area contributed by atoms with Crippen LogP contribution in [0.4, 0.5) is 0 Å². The van der Waals surface area contributed by atoms with Crippen LogP contribution in [0, 0.1) is 0 Å². The van der Waals surface area contributed by atoms with Crippen molar-refractivity contribution in [2.24, 2.45) is 0 Å². The quantitative estimate of drug-likeness (QED) is 0.716. The third-order valence-corrected chi connectivity index (χ3v) is 4.13. The Morgan fingerprint density at radius 1 is 1.29 bits per heavy atom. The molecule has 0 bridgehead atoms. The van der Waals surface area contributed by atoms with Gasteiger partial charge in [0.05, 0.1) is 17.6 Å². The fourth-order valence-electron chi connectivity index (χ4n) is 2.56. The molecule has 0 radical (unpaired) electrons. The van der Waals surface area contributed by atoms with Crippen molar-refractivity contribution in [1.29, 1.82) is 0 Å². The molecule has 17 heavy (non-hydrogen) atoms. The Bertz CT molecular complexity index is 398. The van der Waals surface area contributed by atoms with Crippen molar-refractivity contribution >= 4 is 23.2 Å². The summed E-state index contributed by atoms with van der Waals surface area (Å²) in [5, 5.41) is 5.48. The van der Waals surface area contributed by atoms with Gasteiger partial charge in [-0.3, -0.25) is 4.68 Å². The van der Waals surface area contributed by atoms with Gasteiger partial charge in [-0.15, -0.1) is 11.6 Å². The summed E-state index contributed by atoms with van der Waals surface area (Å²) in [6.07, 6.45) is 4.93. The van der Waals surface area contributed by atoms with E-state index in [2.05, 4.69) is 20.8 Å². The molecule has 0 N–H and O–H groups in total. The summed E-state index contributed by atoms with van der Waals surface area (Å²) in [4.78, 5) is 0. The molecule has 1 saturated carbocycles. The first-order valence-electron chi connectivity index (χ1n) is 6.28. The molecule has 0 unspecified atom stereocenters. The Morgan fingerprint density at radius 2 is 1.88 bits per heavy atom. The summed E-state index contributed by atoms with van der Waals surface area (Å²) in [6.45, 7) is 6.46. The van der Waals surface area contributed by atoms with Gasteiger partial charge in [0.15, 0.2) is 0 Å². The minimum absolute atomic E-state index is 0.00226. The van der Waals surface area contributed by atoms with Gasteiger partial charge in [-0.05, 0) is 12.8 Å². The molecule has 1 aromatic rings. The summed E-state index contributed by atoms with van der Waals surface area (Å²) in [5.41, 5.74) is 2.05. The highest BCUT2D eigenvalue weighted by Crippen LogP contribution is 2.37. The van der Waals surface area contributed by atoms with E-state index < -0.39 is 0 Å². The lowest BCUT2D eigenvalue weighted by Crippen LogP contribution is -2.15. The molecule has 0 atom stereocenters. The Balaban J connectivity index is 2.44. The number of nitrogens with zero attached hydrogens (tertiary/aromatic N) is 2. The van der Waals surface area contributed by atoms with Gasteiger partial charge < -0.3 is 0 Å². The molecule has 0 spiro atoms. The Hall–Kier alpha value is -0.210. The van der Waals surface area contributed by atoms with Crippen molar-refractivity contribution in [2.75, 3.05) is 0 Å². The average Bonchev–Trinajstić information content (AvgIpc) is 2.82. The predicted molar refractivity (Wildman–Crippen MR) is 73.0 cm³/mol. The van der Waals surface area contributed by atoms with Crippen LogP contribution in [-0.4, -0.2) is 9.78 Å². The number of aromatic nitrogens is 2. The van der Waals surface area contributed by atoms with Crippen LogP contribution in [0.15, 0.2) is 0 Å². The van der Waals surface area contributed by atoms with Crippen molar-refractivity contribution in [2.45, 2.75) is 63.8 Å². The molecule has 0 amide bonds. The summed E-state index contributed by atoms with van der Waals surface area (Å²) >= 11 is 12.5. The third-order valence-electron chi connectivity index (χ3n) is 3.46. The fraction of sp³-hybridized carbons (Fsp3) is 0.769. The monoisotopic (exact) mass is 274 g/mol. The van der Waals surface area contributed by atoms with Gasteiger partial charge in [-0.2, -0.15) is 5.10 Å². The Morgan fingerprint density at radius 3 is 2.29 bits per heavy atom. The van der Waals surface area contributed by atoms with E-state index in [9.17, 15) is 0 Å². The highest BCUT2D eigenvalue weighted by molar-refractivity contribution is 6.31. The van der Waals surface area contributed by atoms with Gasteiger partial charge >= 0.3 is 0 Å². The maximum Gasteiger partial charge on any atom is 0.132 e. The second-order valence-electron chi connectivity index (χ2n) is 5.88. The number of hydrogen-bond acceptors (Lipinski definition) is 1. The normalized spacial score (nSPS) is 17.9. The molecule has 96 valence electrons. The molecular weight excluding hydrogens is 255 g/mol. The van der Waals surface area contributed by atoms with Gasteiger partial charge in [-0.1, -0.05) is 45.2 Å². The molecule has 1 heterocycles. The maximum absolute atomic E-state index is 6.43. The predicted octanol–water partition coefficient (Wildman–Crippen LogP) is 4.69. The SMILES string of the molecule is CC(C)(C)c1nn(C2CCCC2)c(Cl)c1CCl. The van der Waals surface area contributed by atoms with E-state index in [0.29, 0.717) is 11.9 Å². The van der Waals surface area contributed by atoms with Crippen LogP contribution >= 0.6 is 23.2 Å². The van der Waals surface area contributed by atoms with E-state index in [1.165, 1.54) is 25.7 Å². The van der Waals surface area contributed by atoms with E-state index in [0.717, 1.165) is 16.4 Å². The summed E-state index contributed by atoms with van der Waals surface area (Å²) < 4.78 is 2.01. The Labute approximate surface area is 113 Å². The second kappa shape index (κ2) is 4.81. The van der Waals surface area contributed by atoms with Crippen LogP contribution < -0.4 is 0 Å². The van der Waals surface area contributed by atoms with E-state index >= 15 is 0 Å². The van der Waals surface area contributed by atoms with Gasteiger partial charge in [-0.25, -0.2) is 0 Å². The molecule has 0 saturated heterocycles. The van der Waals surface area contributed by atoms with Gasteiger partial charge in [0, 0.05) is 11.0 Å². The second-order valence-corrected chi connectivity index (χ2v) is 6.51. The first kappa shape index (κ1) is 13.2. The average molecular weight is 275 g/mol. The van der Waals surface area contributed by atoms with Crippen molar-refractivity contribution in [3.63, 3.8) is 0 Å². The number of alkyl halides is 1. The minimum Gasteiger partial charge on any atom is -0.250 e. The molecule has 2 nitrogen and oxygen atoms in total. The number of rotatable bonds is 2. The van der Waals surface area contributed by atoms with Crippen LogP contribution in [0.1, 0.15) is 63.8 Å². The maximum atomic E-state index is 6.43. The van der Waals surface area contributed by atoms with Crippen LogP contribution in [0.25, 0.3) is 0 Å². The topological polar surface area (TPSA) is 17.8 Å². The molecule has 1 aromatic heterocycles. The van der Waals surface area contributed by atoms with Crippen LogP contribution in [0.3, 0.4) is 0 Å². The zero-order valence-electron chi connectivity index (χ0n) is 10.8. The van der Waals surface area contributed by atoms with Crippen LogP contribution in [0.2, 0.25) is 5.15 Å². The first-order chi connectivity index (χ1) is 7.95. The number of hydrogen-bond donors (Lipinski definition) is 0. The van der Waals surface area contributed by atoms with Gasteiger partial charge in [0.25, 0.3) is 0 Å². The van der Waals surface area contributed by atoms with E-state index in [1.54, 1.807) is 0 Å². The molecule has 2 rings (SSSR count). The largest absolute Gasteiger partial charge is 0.250 e. The van der Waals surface area contributed by atoms with Crippen molar-refractivity contribution in [3.8, 4) is 0 Å². The highest BCUT2D eigenvalue weighted by Gasteiger charge is 2.29. The smallest absolute Gasteiger partial charge is 0.132 e. The highest BCUT2D eigenvalue weighted by atomic mass is 35.5. The third kappa shape index (κ3) is 2.48. The van der Waals surface area contributed by atoms with Crippen LogP contribution in [0.5, 0.6) is 0 Å². The summed E-state index contributed by atoms with van der Waals surface area (Å²) in [7, 11) is 0. The lowest BCUT2D eigenvalue weighted by Gasteiger charge is -2.17. The van der Waals surface area contributed by atoms with Gasteiger partial charge in [0.2, 0.25) is 0 Å². The van der Waals surface area contributed by atoms with Crippen molar-refractivity contribution < 1.29 is 0 Å². The van der Waals surface area contributed by atoms with E-state index in [1.807, 2.05) is 4.68 Å². The zero-order chi connectivity index (χ0) is 12.6. The molecule has 4 heteroatoms. The molecule has 1 fully saturated rings. The molecule has 0 aromatic carbocycles. The fourth-order valence-corrected chi connectivity index (χ4v) is 3.21. The molecular formula is C13H20Cl2N2. The van der Waals surface area contributed by atoms with E-state index in [-0.39, 0.29) is 5.41 Å². The number of halogens is 2. The molecule has 0 aliphatic heterocycles.